The van der Waals surface area contributed by atoms with Crippen molar-refractivity contribution in [1.82, 2.24) is 4.90 Å². The van der Waals surface area contributed by atoms with Crippen LogP contribution in [0.15, 0.2) is 54.6 Å². The van der Waals surface area contributed by atoms with E-state index in [4.69, 9.17) is 0 Å². The van der Waals surface area contributed by atoms with Crippen molar-refractivity contribution in [2.24, 2.45) is 0 Å². The number of aliphatic hydroxyl groups excluding tert-OH is 1. The molecule has 1 atom stereocenters. The van der Waals surface area contributed by atoms with Gasteiger partial charge >= 0.3 is 0 Å². The summed E-state index contributed by atoms with van der Waals surface area (Å²) in [6.07, 6.45) is 1.26. The van der Waals surface area contributed by atoms with E-state index in [1.54, 1.807) is 24.3 Å². The van der Waals surface area contributed by atoms with Gasteiger partial charge in [-0.15, -0.1) is 0 Å². The highest BCUT2D eigenvalue weighted by atomic mass is 16.3. The van der Waals surface area contributed by atoms with E-state index in [1.165, 1.54) is 12.6 Å². The van der Waals surface area contributed by atoms with Gasteiger partial charge in [-0.25, -0.2) is 0 Å². The van der Waals surface area contributed by atoms with E-state index >= 15 is 0 Å². The first-order valence-corrected chi connectivity index (χ1v) is 10.7. The number of hydrogen-bond acceptors (Lipinski definition) is 5. The number of para-hydroxylation sites is 1. The van der Waals surface area contributed by atoms with Crippen LogP contribution in [0.1, 0.15) is 36.5 Å². The van der Waals surface area contributed by atoms with Gasteiger partial charge in [0.05, 0.1) is 0 Å². The number of piperazine rings is 1. The number of nitrogens with zero attached hydrogens (tertiary/aromatic N) is 2. The molecule has 1 aliphatic heterocycles. The summed E-state index contributed by atoms with van der Waals surface area (Å²) < 4.78 is 0. The minimum Gasteiger partial charge on any atom is -0.384 e. The van der Waals surface area contributed by atoms with Crippen molar-refractivity contribution in [3.63, 3.8) is 0 Å². The van der Waals surface area contributed by atoms with Crippen LogP contribution in [0.4, 0.5) is 11.4 Å². The molecule has 2 N–H and O–H groups in total. The molecule has 0 aliphatic carbocycles. The fraction of sp³-hybridized carbons (Fsp3) is 0.417. The molecule has 1 fully saturated rings. The number of carbonyl (C=O) groups is 2. The number of carbonyl (C=O) groups excluding carboxylic acids is 2. The minimum atomic E-state index is -1.08. The first-order valence-electron chi connectivity index (χ1n) is 10.7. The van der Waals surface area contributed by atoms with E-state index in [2.05, 4.69) is 39.4 Å². The molecule has 0 bridgehead atoms. The highest BCUT2D eigenvalue weighted by Crippen LogP contribution is 2.17. The first-order chi connectivity index (χ1) is 14.5. The molecule has 6 heteroatoms. The lowest BCUT2D eigenvalue weighted by molar-refractivity contribution is -0.123. The van der Waals surface area contributed by atoms with Gasteiger partial charge in [-0.3, -0.25) is 14.5 Å². The molecule has 1 aliphatic rings. The molecular weight excluding hydrogens is 378 g/mol. The average Bonchev–Trinajstić information content (AvgIpc) is 2.77. The van der Waals surface area contributed by atoms with Crippen LogP contribution < -0.4 is 10.2 Å². The van der Waals surface area contributed by atoms with E-state index in [-0.39, 0.29) is 5.78 Å². The van der Waals surface area contributed by atoms with Crippen LogP contribution in [-0.2, 0) is 4.79 Å². The maximum Gasteiger partial charge on any atom is 0.252 e. The number of unbranched alkanes of at least 4 members (excludes halogenated alkanes) is 1. The molecule has 1 saturated heterocycles. The number of ketones is 1. The van der Waals surface area contributed by atoms with Crippen LogP contribution in [0.2, 0.25) is 0 Å². The molecule has 0 radical (unpaired) electrons. The predicted octanol–water partition coefficient (Wildman–Crippen LogP) is 3.18. The Morgan fingerprint density at radius 3 is 2.43 bits per heavy atom. The van der Waals surface area contributed by atoms with Gasteiger partial charge in [0.2, 0.25) is 0 Å². The fourth-order valence-electron chi connectivity index (χ4n) is 3.65. The lowest BCUT2D eigenvalue weighted by Gasteiger charge is -2.36. The molecule has 0 saturated carbocycles. The van der Waals surface area contributed by atoms with Gasteiger partial charge in [-0.1, -0.05) is 30.3 Å². The number of amides is 1. The Bertz CT molecular complexity index is 831. The molecule has 0 spiro atoms. The maximum absolute atomic E-state index is 12.5. The normalized spacial score (nSPS) is 15.6. The highest BCUT2D eigenvalue weighted by molar-refractivity contribution is 5.99. The standard InChI is InChI=1S/C24H31N3O3/c1-19(28)24(30)25-21-9-7-8-20(18-21)23(29)12-5-6-13-26-14-16-27(17-15-26)22-10-3-2-4-11-22/h2-4,7-11,18-19,28H,5-6,12-17H2,1H3,(H,25,30). The van der Waals surface area contributed by atoms with Crippen LogP contribution in [0.3, 0.4) is 0 Å². The van der Waals surface area contributed by atoms with Gasteiger partial charge in [0.1, 0.15) is 6.10 Å². The average molecular weight is 410 g/mol. The third kappa shape index (κ3) is 6.40. The summed E-state index contributed by atoms with van der Waals surface area (Å²) in [7, 11) is 0. The molecule has 6 nitrogen and oxygen atoms in total. The molecule has 0 aromatic heterocycles. The zero-order chi connectivity index (χ0) is 21.3. The number of benzene rings is 2. The zero-order valence-corrected chi connectivity index (χ0v) is 17.6. The number of aliphatic hydroxyl groups is 1. The number of nitrogens with one attached hydrogen (secondary N) is 1. The van der Waals surface area contributed by atoms with Crippen LogP contribution in [-0.4, -0.2) is 60.5 Å². The van der Waals surface area contributed by atoms with Crippen LogP contribution >= 0.6 is 0 Å². The van der Waals surface area contributed by atoms with E-state index < -0.39 is 12.0 Å². The van der Waals surface area contributed by atoms with Crippen molar-refractivity contribution in [2.75, 3.05) is 42.9 Å². The molecule has 30 heavy (non-hydrogen) atoms. The maximum atomic E-state index is 12.5. The Morgan fingerprint density at radius 1 is 1.00 bits per heavy atom. The Labute approximate surface area is 178 Å². The van der Waals surface area contributed by atoms with E-state index in [0.717, 1.165) is 45.6 Å². The summed E-state index contributed by atoms with van der Waals surface area (Å²) in [6.45, 7) is 6.59. The predicted molar refractivity (Wildman–Crippen MR) is 120 cm³/mol. The largest absolute Gasteiger partial charge is 0.384 e. The topological polar surface area (TPSA) is 72.9 Å². The van der Waals surface area contributed by atoms with Crippen molar-refractivity contribution in [3.05, 3.63) is 60.2 Å². The smallest absolute Gasteiger partial charge is 0.252 e. The third-order valence-corrected chi connectivity index (χ3v) is 5.45. The molecule has 160 valence electrons. The van der Waals surface area contributed by atoms with Crippen LogP contribution in [0.5, 0.6) is 0 Å². The second-order valence-electron chi connectivity index (χ2n) is 7.79. The summed E-state index contributed by atoms with van der Waals surface area (Å²) in [5.41, 5.74) is 2.41. The van der Waals surface area contributed by atoms with Crippen LogP contribution in [0, 0.1) is 0 Å². The molecule has 1 heterocycles. The van der Waals surface area contributed by atoms with Crippen molar-refractivity contribution < 1.29 is 14.7 Å². The Kier molecular flexibility index (Phi) is 7.99. The number of anilines is 2. The number of hydrogen-bond donors (Lipinski definition) is 2. The molecule has 3 rings (SSSR count). The van der Waals surface area contributed by atoms with Gasteiger partial charge in [-0.2, -0.15) is 0 Å². The second-order valence-corrected chi connectivity index (χ2v) is 7.79. The third-order valence-electron chi connectivity index (χ3n) is 5.45. The summed E-state index contributed by atoms with van der Waals surface area (Å²) >= 11 is 0. The number of rotatable bonds is 9. The quantitative estimate of drug-likeness (QED) is 0.492. The molecule has 1 amide bonds. The van der Waals surface area contributed by atoms with E-state index in [0.29, 0.717) is 17.7 Å². The molecule has 2 aromatic carbocycles. The lowest BCUT2D eigenvalue weighted by atomic mass is 10.0. The van der Waals surface area contributed by atoms with Crippen LogP contribution in [0.25, 0.3) is 0 Å². The zero-order valence-electron chi connectivity index (χ0n) is 17.6. The van der Waals surface area contributed by atoms with Gasteiger partial charge in [0.15, 0.2) is 5.78 Å². The first kappa shape index (κ1) is 22.0. The van der Waals surface area contributed by atoms with Crippen molar-refractivity contribution in [3.8, 4) is 0 Å². The fourth-order valence-corrected chi connectivity index (χ4v) is 3.65. The second kappa shape index (κ2) is 10.9. The monoisotopic (exact) mass is 409 g/mol. The van der Waals surface area contributed by atoms with E-state index in [1.807, 2.05) is 6.07 Å². The Hall–Kier alpha value is -2.70. The summed E-state index contributed by atoms with van der Waals surface area (Å²) in [5, 5.41) is 11.9. The molecular formula is C24H31N3O3. The molecule has 2 aromatic rings. The number of Topliss-reactive ketones (excluding diaryl/α,β-unsaturated/α-hetero) is 1. The lowest BCUT2D eigenvalue weighted by Crippen LogP contribution is -2.46. The van der Waals surface area contributed by atoms with Gasteiger partial charge in [0.25, 0.3) is 5.91 Å². The SMILES string of the molecule is CC(O)C(=O)Nc1cccc(C(=O)CCCCN2CCN(c3ccccc3)CC2)c1. The van der Waals surface area contributed by atoms with Gasteiger partial charge in [-0.05, 0) is 50.6 Å². The highest BCUT2D eigenvalue weighted by Gasteiger charge is 2.17. The Morgan fingerprint density at radius 2 is 1.73 bits per heavy atom. The Balaban J connectivity index is 1.37. The summed E-state index contributed by atoms with van der Waals surface area (Å²) in [4.78, 5) is 29.0. The van der Waals surface area contributed by atoms with Crippen molar-refractivity contribution >= 4 is 23.1 Å². The summed E-state index contributed by atoms with van der Waals surface area (Å²) in [5.74, 6) is -0.399. The van der Waals surface area contributed by atoms with Crippen molar-refractivity contribution in [2.45, 2.75) is 32.3 Å². The van der Waals surface area contributed by atoms with Gasteiger partial charge < -0.3 is 15.3 Å². The van der Waals surface area contributed by atoms with E-state index in [9.17, 15) is 14.7 Å². The minimum absolute atomic E-state index is 0.0806. The van der Waals surface area contributed by atoms with Gasteiger partial charge in [0, 0.05) is 49.5 Å². The summed E-state index contributed by atoms with van der Waals surface area (Å²) in [6, 6.07) is 17.4. The molecule has 1 unspecified atom stereocenters. The van der Waals surface area contributed by atoms with Crippen molar-refractivity contribution in [1.29, 1.82) is 0 Å².